The lowest BCUT2D eigenvalue weighted by Crippen LogP contribution is -2.47. The number of ether oxygens (including phenoxy) is 2. The monoisotopic (exact) mass is 321 g/mol. The number of hydrogen-bond acceptors (Lipinski definition) is 7. The van der Waals surface area contributed by atoms with E-state index < -0.39 is 0 Å². The molecule has 0 amide bonds. The molecule has 7 heteroatoms. The Balaban J connectivity index is 1.92. The normalized spacial score (nSPS) is 18.6. The number of hydrogen-bond donors (Lipinski definition) is 0. The smallest absolute Gasteiger partial charge is 0.307 e. The molecule has 0 saturated carbocycles. The first-order valence-corrected chi connectivity index (χ1v) is 8.29. The number of carbonyl (C=O) groups excluding carboxylic acids is 1. The zero-order valence-corrected chi connectivity index (χ0v) is 13.6. The Labute approximate surface area is 133 Å². The fourth-order valence-electron chi connectivity index (χ4n) is 2.68. The minimum absolute atomic E-state index is 0.0507. The van der Waals surface area contributed by atoms with Crippen LogP contribution in [0.25, 0.3) is 10.2 Å². The van der Waals surface area contributed by atoms with Gasteiger partial charge >= 0.3 is 5.97 Å². The molecular formula is C15H19N3O3S. The Morgan fingerprint density at radius 1 is 1.55 bits per heavy atom. The quantitative estimate of drug-likeness (QED) is 0.804. The molecule has 0 aliphatic carbocycles. The number of aromatic nitrogens is 2. The molecule has 0 unspecified atom stereocenters. The molecule has 1 aliphatic rings. The number of fused-ring (bicyclic) bond motifs is 1. The highest BCUT2D eigenvalue weighted by molar-refractivity contribution is 7.16. The highest BCUT2D eigenvalue weighted by atomic mass is 32.1. The fraction of sp³-hybridized carbons (Fsp3) is 0.533. The predicted molar refractivity (Wildman–Crippen MR) is 85.4 cm³/mol. The fourth-order valence-corrected chi connectivity index (χ4v) is 3.48. The van der Waals surface area contributed by atoms with Crippen LogP contribution in [-0.4, -0.2) is 48.3 Å². The second-order valence-corrected chi connectivity index (χ2v) is 6.06. The Kier molecular flexibility index (Phi) is 4.54. The van der Waals surface area contributed by atoms with Gasteiger partial charge in [0.25, 0.3) is 0 Å². The van der Waals surface area contributed by atoms with Crippen molar-refractivity contribution in [1.29, 1.82) is 0 Å². The molecule has 0 spiro atoms. The summed E-state index contributed by atoms with van der Waals surface area (Å²) in [4.78, 5) is 24.0. The summed E-state index contributed by atoms with van der Waals surface area (Å²) < 4.78 is 10.6. The van der Waals surface area contributed by atoms with Crippen molar-refractivity contribution in [1.82, 2.24) is 9.97 Å². The number of esters is 1. The third-order valence-corrected chi connectivity index (χ3v) is 4.43. The second kappa shape index (κ2) is 6.58. The molecule has 3 heterocycles. The minimum Gasteiger partial charge on any atom is -0.466 e. The van der Waals surface area contributed by atoms with E-state index in [-0.39, 0.29) is 12.0 Å². The molecule has 22 heavy (non-hydrogen) atoms. The summed E-state index contributed by atoms with van der Waals surface area (Å²) in [6, 6.07) is 1.98. The maximum atomic E-state index is 11.8. The standard InChI is InChI=1S/C15H19N3O3S/c1-3-21-13(19)8-11-9-20-6-5-18(11)14-12-4-7-22-15(12)17-10(2)16-14/h4,7,11H,3,5-6,8-9H2,1-2H3/t11-/m1/s1. The first-order chi connectivity index (χ1) is 10.7. The van der Waals surface area contributed by atoms with Gasteiger partial charge in [0.1, 0.15) is 16.5 Å². The lowest BCUT2D eigenvalue weighted by Gasteiger charge is -2.36. The largest absolute Gasteiger partial charge is 0.466 e. The van der Waals surface area contributed by atoms with Gasteiger partial charge in [-0.2, -0.15) is 0 Å². The first-order valence-electron chi connectivity index (χ1n) is 7.41. The molecule has 2 aromatic rings. The van der Waals surface area contributed by atoms with Crippen molar-refractivity contribution in [2.75, 3.05) is 31.3 Å². The van der Waals surface area contributed by atoms with Crippen LogP contribution in [0.4, 0.5) is 5.82 Å². The van der Waals surface area contributed by atoms with Crippen molar-refractivity contribution in [3.05, 3.63) is 17.3 Å². The molecule has 0 aromatic carbocycles. The van der Waals surface area contributed by atoms with Crippen LogP contribution < -0.4 is 4.90 Å². The molecule has 2 aromatic heterocycles. The van der Waals surface area contributed by atoms with E-state index >= 15 is 0 Å². The van der Waals surface area contributed by atoms with Crippen LogP contribution in [0.2, 0.25) is 0 Å². The Bertz CT molecular complexity index is 673. The van der Waals surface area contributed by atoms with E-state index in [2.05, 4.69) is 14.9 Å². The van der Waals surface area contributed by atoms with Gasteiger partial charge in [-0.05, 0) is 25.3 Å². The van der Waals surface area contributed by atoms with Crippen LogP contribution in [0, 0.1) is 6.92 Å². The van der Waals surface area contributed by atoms with Gasteiger partial charge in [-0.3, -0.25) is 4.79 Å². The number of nitrogens with zero attached hydrogens (tertiary/aromatic N) is 3. The van der Waals surface area contributed by atoms with Crippen molar-refractivity contribution >= 4 is 33.3 Å². The van der Waals surface area contributed by atoms with E-state index in [9.17, 15) is 4.79 Å². The number of carbonyl (C=O) groups is 1. The van der Waals surface area contributed by atoms with E-state index in [4.69, 9.17) is 9.47 Å². The highest BCUT2D eigenvalue weighted by Crippen LogP contribution is 2.30. The van der Waals surface area contributed by atoms with E-state index in [1.54, 1.807) is 11.3 Å². The predicted octanol–water partition coefficient (Wildman–Crippen LogP) is 2.16. The average Bonchev–Trinajstić information content (AvgIpc) is 2.95. The lowest BCUT2D eigenvalue weighted by atomic mass is 10.1. The Hall–Kier alpha value is -1.73. The van der Waals surface area contributed by atoms with E-state index in [1.807, 2.05) is 25.3 Å². The van der Waals surface area contributed by atoms with Crippen LogP contribution in [0.3, 0.4) is 0 Å². The van der Waals surface area contributed by atoms with Crippen molar-refractivity contribution in [2.45, 2.75) is 26.3 Å². The highest BCUT2D eigenvalue weighted by Gasteiger charge is 2.28. The van der Waals surface area contributed by atoms with Gasteiger partial charge in [-0.1, -0.05) is 0 Å². The van der Waals surface area contributed by atoms with Gasteiger partial charge in [0, 0.05) is 6.54 Å². The van der Waals surface area contributed by atoms with Gasteiger partial charge in [0.05, 0.1) is 37.7 Å². The lowest BCUT2D eigenvalue weighted by molar-refractivity contribution is -0.144. The van der Waals surface area contributed by atoms with Gasteiger partial charge in [0.15, 0.2) is 0 Å². The SMILES string of the molecule is CCOC(=O)C[C@@H]1COCCN1c1nc(C)nc2sccc12. The maximum Gasteiger partial charge on any atom is 0.307 e. The summed E-state index contributed by atoms with van der Waals surface area (Å²) in [5, 5.41) is 3.05. The van der Waals surface area contributed by atoms with E-state index in [0.29, 0.717) is 32.8 Å². The van der Waals surface area contributed by atoms with Crippen LogP contribution in [-0.2, 0) is 14.3 Å². The van der Waals surface area contributed by atoms with E-state index in [0.717, 1.165) is 21.9 Å². The molecule has 1 aliphatic heterocycles. The summed E-state index contributed by atoms with van der Waals surface area (Å²) in [7, 11) is 0. The third kappa shape index (κ3) is 3.05. The van der Waals surface area contributed by atoms with Crippen LogP contribution >= 0.6 is 11.3 Å². The molecule has 118 valence electrons. The van der Waals surface area contributed by atoms with E-state index in [1.165, 1.54) is 0 Å². The third-order valence-electron chi connectivity index (χ3n) is 3.62. The molecule has 6 nitrogen and oxygen atoms in total. The summed E-state index contributed by atoms with van der Waals surface area (Å²) in [6.07, 6.45) is 0.308. The second-order valence-electron chi connectivity index (χ2n) is 5.17. The van der Waals surface area contributed by atoms with Crippen LogP contribution in [0.15, 0.2) is 11.4 Å². The Morgan fingerprint density at radius 3 is 3.23 bits per heavy atom. The van der Waals surface area contributed by atoms with Crippen molar-refractivity contribution in [3.63, 3.8) is 0 Å². The minimum atomic E-state index is -0.199. The molecule has 3 rings (SSSR count). The first kappa shape index (κ1) is 15.2. The zero-order valence-electron chi connectivity index (χ0n) is 12.7. The maximum absolute atomic E-state index is 11.8. The van der Waals surface area contributed by atoms with Crippen LogP contribution in [0.1, 0.15) is 19.2 Å². The molecular weight excluding hydrogens is 302 g/mol. The number of thiophene rings is 1. The molecule has 1 fully saturated rings. The number of morpholine rings is 1. The molecule has 1 atom stereocenters. The Morgan fingerprint density at radius 2 is 2.41 bits per heavy atom. The topological polar surface area (TPSA) is 64.6 Å². The van der Waals surface area contributed by atoms with Gasteiger partial charge < -0.3 is 14.4 Å². The number of rotatable bonds is 4. The zero-order chi connectivity index (χ0) is 15.5. The summed E-state index contributed by atoms with van der Waals surface area (Å²) >= 11 is 1.60. The summed E-state index contributed by atoms with van der Waals surface area (Å²) in [5.74, 6) is 1.43. The van der Waals surface area contributed by atoms with Gasteiger partial charge in [0.2, 0.25) is 0 Å². The molecule has 0 bridgehead atoms. The van der Waals surface area contributed by atoms with Gasteiger partial charge in [-0.15, -0.1) is 11.3 Å². The molecule has 1 saturated heterocycles. The van der Waals surface area contributed by atoms with Crippen molar-refractivity contribution in [3.8, 4) is 0 Å². The molecule has 0 N–H and O–H groups in total. The van der Waals surface area contributed by atoms with Crippen LogP contribution in [0.5, 0.6) is 0 Å². The van der Waals surface area contributed by atoms with Gasteiger partial charge in [-0.25, -0.2) is 9.97 Å². The number of anilines is 1. The average molecular weight is 321 g/mol. The van der Waals surface area contributed by atoms with Crippen molar-refractivity contribution < 1.29 is 14.3 Å². The number of aryl methyl sites for hydroxylation is 1. The van der Waals surface area contributed by atoms with Crippen molar-refractivity contribution in [2.24, 2.45) is 0 Å². The molecule has 0 radical (unpaired) electrons. The summed E-state index contributed by atoms with van der Waals surface area (Å²) in [6.45, 7) is 5.96. The summed E-state index contributed by atoms with van der Waals surface area (Å²) in [5.41, 5.74) is 0.